The van der Waals surface area contributed by atoms with E-state index in [-0.39, 0.29) is 23.8 Å². The van der Waals surface area contributed by atoms with Crippen molar-refractivity contribution in [2.24, 2.45) is 5.92 Å². The molecule has 0 spiro atoms. The second-order valence-corrected chi connectivity index (χ2v) is 5.64. The smallest absolute Gasteiger partial charge is 0.384 e. The molecule has 1 heterocycles. The van der Waals surface area contributed by atoms with E-state index in [0.717, 1.165) is 18.9 Å². The van der Waals surface area contributed by atoms with Gasteiger partial charge in [0.2, 0.25) is 5.91 Å². The van der Waals surface area contributed by atoms with Crippen LogP contribution in [0.4, 0.5) is 13.2 Å². The maximum absolute atomic E-state index is 13.0. The first-order valence-corrected chi connectivity index (χ1v) is 7.33. The molecule has 1 fully saturated rings. The topological polar surface area (TPSA) is 29.5 Å². The number of rotatable bonds is 4. The van der Waals surface area contributed by atoms with Crippen LogP contribution in [0.25, 0.3) is 0 Å². The van der Waals surface area contributed by atoms with Crippen molar-refractivity contribution >= 4 is 5.91 Å². The Balaban J connectivity index is 2.06. The minimum atomic E-state index is -4.43. The van der Waals surface area contributed by atoms with Gasteiger partial charge in [-0.15, -0.1) is 0 Å². The molecule has 1 aliphatic heterocycles. The summed E-state index contributed by atoms with van der Waals surface area (Å²) in [6, 6.07) is 5.26. The monoisotopic (exact) mass is 315 g/mol. The van der Waals surface area contributed by atoms with Crippen molar-refractivity contribution in [3.05, 3.63) is 35.4 Å². The number of amides is 1. The second kappa shape index (κ2) is 7.13. The number of ether oxygens (including phenoxy) is 1. The summed E-state index contributed by atoms with van der Waals surface area (Å²) < 4.78 is 44.0. The number of carbonyl (C=O) groups excluding carboxylic acids is 1. The molecule has 0 saturated carbocycles. The fourth-order valence-corrected chi connectivity index (χ4v) is 2.89. The number of halogens is 3. The predicted octanol–water partition coefficient (Wildman–Crippen LogP) is 3.13. The van der Waals surface area contributed by atoms with Crippen molar-refractivity contribution in [2.45, 2.75) is 25.4 Å². The van der Waals surface area contributed by atoms with Crippen molar-refractivity contribution in [2.75, 3.05) is 26.8 Å². The van der Waals surface area contributed by atoms with Crippen molar-refractivity contribution < 1.29 is 22.7 Å². The van der Waals surface area contributed by atoms with E-state index < -0.39 is 11.7 Å². The van der Waals surface area contributed by atoms with Crippen molar-refractivity contribution in [3.8, 4) is 0 Å². The molecule has 1 aromatic carbocycles. The van der Waals surface area contributed by atoms with Gasteiger partial charge in [-0.1, -0.05) is 18.2 Å². The second-order valence-electron chi connectivity index (χ2n) is 5.64. The molecule has 2 rings (SSSR count). The lowest BCUT2D eigenvalue weighted by molar-refractivity contribution is -0.139. The Morgan fingerprint density at radius 1 is 1.36 bits per heavy atom. The highest BCUT2D eigenvalue weighted by atomic mass is 19.4. The number of piperidine rings is 1. The Hall–Kier alpha value is -1.56. The van der Waals surface area contributed by atoms with Crippen LogP contribution < -0.4 is 0 Å². The predicted molar refractivity (Wildman–Crippen MR) is 76.3 cm³/mol. The van der Waals surface area contributed by atoms with Crippen LogP contribution in [0.15, 0.2) is 24.3 Å². The van der Waals surface area contributed by atoms with E-state index in [1.807, 2.05) is 0 Å². The quantitative estimate of drug-likeness (QED) is 0.854. The summed E-state index contributed by atoms with van der Waals surface area (Å²) in [6.45, 7) is 1.73. The third-order valence-corrected chi connectivity index (χ3v) is 3.94. The Morgan fingerprint density at radius 3 is 2.77 bits per heavy atom. The third kappa shape index (κ3) is 4.22. The van der Waals surface area contributed by atoms with Crippen LogP contribution in [-0.4, -0.2) is 37.6 Å². The maximum Gasteiger partial charge on any atom is 0.416 e. The first-order chi connectivity index (χ1) is 10.4. The lowest BCUT2D eigenvalue weighted by Crippen LogP contribution is -2.42. The molecule has 1 aromatic rings. The van der Waals surface area contributed by atoms with Gasteiger partial charge in [-0.05, 0) is 30.4 Å². The number of hydrogen-bond donors (Lipinski definition) is 0. The summed E-state index contributed by atoms with van der Waals surface area (Å²) in [6.07, 6.45) is -2.80. The van der Waals surface area contributed by atoms with E-state index in [1.54, 1.807) is 12.0 Å². The van der Waals surface area contributed by atoms with Crippen LogP contribution in [-0.2, 0) is 22.1 Å². The van der Waals surface area contributed by atoms with E-state index in [1.165, 1.54) is 18.2 Å². The fourth-order valence-electron chi connectivity index (χ4n) is 2.89. The standard InChI is InChI=1S/C16H20F3NO2/c1-22-11-12-5-4-8-20(10-12)15(21)9-13-6-2-3-7-14(13)16(17,18)19/h2-3,6-7,12H,4-5,8-11H2,1H3/t12-/m1/s1. The highest BCUT2D eigenvalue weighted by Crippen LogP contribution is 2.32. The molecule has 0 aromatic heterocycles. The molecule has 1 saturated heterocycles. The van der Waals surface area contributed by atoms with Gasteiger partial charge >= 0.3 is 6.18 Å². The van der Waals surface area contributed by atoms with Crippen LogP contribution in [0.3, 0.4) is 0 Å². The first kappa shape index (κ1) is 16.8. The molecule has 3 nitrogen and oxygen atoms in total. The molecule has 122 valence electrons. The Labute approximate surface area is 128 Å². The highest BCUT2D eigenvalue weighted by Gasteiger charge is 2.34. The molecule has 1 aliphatic rings. The molecule has 0 N–H and O–H groups in total. The Morgan fingerprint density at radius 2 is 2.09 bits per heavy atom. The van der Waals surface area contributed by atoms with E-state index in [0.29, 0.717) is 19.7 Å². The molecule has 6 heteroatoms. The van der Waals surface area contributed by atoms with Gasteiger partial charge < -0.3 is 9.64 Å². The largest absolute Gasteiger partial charge is 0.416 e. The first-order valence-electron chi connectivity index (χ1n) is 7.33. The van der Waals surface area contributed by atoms with Crippen LogP contribution in [0.2, 0.25) is 0 Å². The van der Waals surface area contributed by atoms with Crippen molar-refractivity contribution in [3.63, 3.8) is 0 Å². The van der Waals surface area contributed by atoms with E-state index >= 15 is 0 Å². The molecule has 0 radical (unpaired) electrons. The van der Waals surface area contributed by atoms with E-state index in [4.69, 9.17) is 4.74 Å². The highest BCUT2D eigenvalue weighted by molar-refractivity contribution is 5.79. The van der Waals surface area contributed by atoms with Gasteiger partial charge in [0.25, 0.3) is 0 Å². The van der Waals surface area contributed by atoms with E-state index in [2.05, 4.69) is 0 Å². The molecular weight excluding hydrogens is 295 g/mol. The number of nitrogens with zero attached hydrogens (tertiary/aromatic N) is 1. The fraction of sp³-hybridized carbons (Fsp3) is 0.562. The molecule has 22 heavy (non-hydrogen) atoms. The Kier molecular flexibility index (Phi) is 5.45. The lowest BCUT2D eigenvalue weighted by atomic mass is 9.97. The number of carbonyl (C=O) groups is 1. The van der Waals surface area contributed by atoms with Crippen molar-refractivity contribution in [1.82, 2.24) is 4.90 Å². The Bertz CT molecular complexity index is 514. The van der Waals surface area contributed by atoms with Gasteiger partial charge in [0.05, 0.1) is 18.6 Å². The zero-order valence-corrected chi connectivity index (χ0v) is 12.5. The number of methoxy groups -OCH3 is 1. The summed E-state index contributed by atoms with van der Waals surface area (Å²) in [5.41, 5.74) is -0.692. The number of hydrogen-bond acceptors (Lipinski definition) is 2. The van der Waals surface area contributed by atoms with Crippen LogP contribution >= 0.6 is 0 Å². The molecule has 0 aliphatic carbocycles. The van der Waals surface area contributed by atoms with Gasteiger partial charge in [0, 0.05) is 20.2 Å². The summed E-state index contributed by atoms with van der Waals surface area (Å²) in [4.78, 5) is 14.0. The average Bonchev–Trinajstić information content (AvgIpc) is 2.47. The van der Waals surface area contributed by atoms with Gasteiger partial charge in [0.15, 0.2) is 0 Å². The maximum atomic E-state index is 13.0. The van der Waals surface area contributed by atoms with Gasteiger partial charge in [-0.25, -0.2) is 0 Å². The van der Waals surface area contributed by atoms with Crippen molar-refractivity contribution in [1.29, 1.82) is 0 Å². The van der Waals surface area contributed by atoms with Gasteiger partial charge in [0.1, 0.15) is 0 Å². The molecule has 0 bridgehead atoms. The summed E-state index contributed by atoms with van der Waals surface area (Å²) in [7, 11) is 1.61. The van der Waals surface area contributed by atoms with Crippen LogP contribution in [0, 0.1) is 5.92 Å². The molecule has 1 amide bonds. The zero-order chi connectivity index (χ0) is 16.2. The van der Waals surface area contributed by atoms with E-state index in [9.17, 15) is 18.0 Å². The summed E-state index contributed by atoms with van der Waals surface area (Å²) in [5.74, 6) is 0.0121. The lowest BCUT2D eigenvalue weighted by Gasteiger charge is -2.32. The minimum Gasteiger partial charge on any atom is -0.384 e. The number of benzene rings is 1. The van der Waals surface area contributed by atoms with Crippen LogP contribution in [0.5, 0.6) is 0 Å². The summed E-state index contributed by atoms with van der Waals surface area (Å²) in [5, 5.41) is 0. The average molecular weight is 315 g/mol. The van der Waals surface area contributed by atoms with Gasteiger partial charge in [-0.2, -0.15) is 13.2 Å². The minimum absolute atomic E-state index is 0.0360. The molecule has 1 atom stereocenters. The zero-order valence-electron chi connectivity index (χ0n) is 12.5. The SMILES string of the molecule is COC[C@@H]1CCCN(C(=O)Cc2ccccc2C(F)(F)F)C1. The summed E-state index contributed by atoms with van der Waals surface area (Å²) >= 11 is 0. The normalized spacial score (nSPS) is 19.3. The molecule has 0 unspecified atom stereocenters. The number of likely N-dealkylation sites (tertiary alicyclic amines) is 1. The molecular formula is C16H20F3NO2. The number of alkyl halides is 3. The van der Waals surface area contributed by atoms with Gasteiger partial charge in [-0.3, -0.25) is 4.79 Å². The van der Waals surface area contributed by atoms with Crippen LogP contribution in [0.1, 0.15) is 24.0 Å². The third-order valence-electron chi connectivity index (χ3n) is 3.94.